The predicted octanol–water partition coefficient (Wildman–Crippen LogP) is 1.00. The molecule has 0 bridgehead atoms. The Morgan fingerprint density at radius 3 is 2.54 bits per heavy atom. The first kappa shape index (κ1) is 10.1. The van der Waals surface area contributed by atoms with E-state index in [0.717, 1.165) is 6.54 Å². The molecule has 0 saturated carbocycles. The lowest BCUT2D eigenvalue weighted by atomic mass is 9.97. The molecule has 0 amide bonds. The highest BCUT2D eigenvalue weighted by molar-refractivity contribution is 5.37. The lowest BCUT2D eigenvalue weighted by molar-refractivity contribution is 0.282. The fourth-order valence-electron chi connectivity index (χ4n) is 1.13. The highest BCUT2D eigenvalue weighted by Crippen LogP contribution is 2.19. The Kier molecular flexibility index (Phi) is 2.61. The van der Waals surface area contributed by atoms with Gasteiger partial charge in [-0.3, -0.25) is 0 Å². The molecule has 0 aliphatic rings. The molecule has 0 fully saturated rings. The van der Waals surface area contributed by atoms with Gasteiger partial charge in [-0.15, -0.1) is 0 Å². The van der Waals surface area contributed by atoms with Crippen LogP contribution >= 0.6 is 0 Å². The number of aliphatic hydroxyl groups excluding tert-OH is 1. The topological polar surface area (TPSA) is 64.1 Å². The standard InChI is InChI=1S/C9H17N3O/c1-9(2,3)6-12-8(10)7(5-13)4-11-12/h4,13H,5-6,10H2,1-3H3. The van der Waals surface area contributed by atoms with Crippen LogP contribution in [0.3, 0.4) is 0 Å². The van der Waals surface area contributed by atoms with E-state index in [4.69, 9.17) is 10.8 Å². The van der Waals surface area contributed by atoms with Crippen molar-refractivity contribution >= 4 is 5.82 Å². The smallest absolute Gasteiger partial charge is 0.127 e. The minimum atomic E-state index is -0.0457. The maximum absolute atomic E-state index is 8.90. The average Bonchev–Trinajstić information content (AvgIpc) is 2.30. The molecule has 1 rings (SSSR count). The van der Waals surface area contributed by atoms with E-state index in [1.807, 2.05) is 0 Å². The molecule has 0 aromatic carbocycles. The highest BCUT2D eigenvalue weighted by Gasteiger charge is 2.14. The average molecular weight is 183 g/mol. The summed E-state index contributed by atoms with van der Waals surface area (Å²) in [4.78, 5) is 0. The van der Waals surface area contributed by atoms with Crippen molar-refractivity contribution in [1.29, 1.82) is 0 Å². The molecule has 4 nitrogen and oxygen atoms in total. The largest absolute Gasteiger partial charge is 0.391 e. The van der Waals surface area contributed by atoms with Gasteiger partial charge in [-0.2, -0.15) is 5.10 Å². The van der Waals surface area contributed by atoms with Crippen molar-refractivity contribution in [3.05, 3.63) is 11.8 Å². The number of nitrogen functional groups attached to an aromatic ring is 1. The van der Waals surface area contributed by atoms with E-state index < -0.39 is 0 Å². The summed E-state index contributed by atoms with van der Waals surface area (Å²) in [7, 11) is 0. The van der Waals surface area contributed by atoms with Crippen molar-refractivity contribution in [2.24, 2.45) is 5.41 Å². The van der Waals surface area contributed by atoms with Crippen molar-refractivity contribution in [2.75, 3.05) is 5.73 Å². The second-order valence-electron chi connectivity index (χ2n) is 4.43. The summed E-state index contributed by atoms with van der Waals surface area (Å²) >= 11 is 0. The van der Waals surface area contributed by atoms with E-state index in [0.29, 0.717) is 11.4 Å². The normalized spacial score (nSPS) is 12.0. The molecule has 0 aliphatic heterocycles. The molecule has 0 unspecified atom stereocenters. The Labute approximate surface area is 78.4 Å². The second-order valence-corrected chi connectivity index (χ2v) is 4.43. The molecule has 1 aromatic heterocycles. The van der Waals surface area contributed by atoms with E-state index in [2.05, 4.69) is 25.9 Å². The first-order valence-corrected chi connectivity index (χ1v) is 4.35. The van der Waals surface area contributed by atoms with Crippen LogP contribution in [0.1, 0.15) is 26.3 Å². The van der Waals surface area contributed by atoms with Crippen molar-refractivity contribution in [2.45, 2.75) is 33.9 Å². The quantitative estimate of drug-likeness (QED) is 0.719. The number of aliphatic hydroxyl groups is 1. The summed E-state index contributed by atoms with van der Waals surface area (Å²) < 4.78 is 1.73. The molecule has 0 radical (unpaired) electrons. The van der Waals surface area contributed by atoms with Crippen LogP contribution in [0.2, 0.25) is 0 Å². The molecule has 1 heterocycles. The Bertz CT molecular complexity index is 286. The summed E-state index contributed by atoms with van der Waals surface area (Å²) in [5, 5.41) is 13.0. The van der Waals surface area contributed by atoms with Gasteiger partial charge < -0.3 is 10.8 Å². The van der Waals surface area contributed by atoms with Gasteiger partial charge in [-0.25, -0.2) is 4.68 Å². The summed E-state index contributed by atoms with van der Waals surface area (Å²) in [5.74, 6) is 0.567. The second kappa shape index (κ2) is 3.38. The Morgan fingerprint density at radius 1 is 1.54 bits per heavy atom. The zero-order valence-corrected chi connectivity index (χ0v) is 8.41. The lowest BCUT2D eigenvalue weighted by Crippen LogP contribution is -2.18. The van der Waals surface area contributed by atoms with Crippen molar-refractivity contribution in [3.63, 3.8) is 0 Å². The van der Waals surface area contributed by atoms with Gasteiger partial charge in [0, 0.05) is 12.1 Å². The predicted molar refractivity (Wildman–Crippen MR) is 52.0 cm³/mol. The maximum atomic E-state index is 8.90. The maximum Gasteiger partial charge on any atom is 0.127 e. The third-order valence-electron chi connectivity index (χ3n) is 1.75. The van der Waals surface area contributed by atoms with E-state index >= 15 is 0 Å². The molecule has 74 valence electrons. The Morgan fingerprint density at radius 2 is 2.15 bits per heavy atom. The van der Waals surface area contributed by atoms with Gasteiger partial charge in [-0.1, -0.05) is 20.8 Å². The summed E-state index contributed by atoms with van der Waals surface area (Å²) in [6.45, 7) is 7.07. The van der Waals surface area contributed by atoms with Crippen LogP contribution in [0.5, 0.6) is 0 Å². The first-order valence-electron chi connectivity index (χ1n) is 4.35. The molecule has 1 aromatic rings. The zero-order valence-electron chi connectivity index (χ0n) is 8.41. The molecule has 0 saturated heterocycles. The number of nitrogens with two attached hydrogens (primary N) is 1. The summed E-state index contributed by atoms with van der Waals surface area (Å²) in [6.07, 6.45) is 1.61. The van der Waals surface area contributed by atoms with Crippen molar-refractivity contribution in [1.82, 2.24) is 9.78 Å². The van der Waals surface area contributed by atoms with Crippen molar-refractivity contribution < 1.29 is 5.11 Å². The van der Waals surface area contributed by atoms with Crippen LogP contribution < -0.4 is 5.73 Å². The summed E-state index contributed by atoms with van der Waals surface area (Å²) in [6, 6.07) is 0. The number of anilines is 1. The molecule has 0 aliphatic carbocycles. The minimum absolute atomic E-state index is 0.0457. The zero-order chi connectivity index (χ0) is 10.1. The molecule has 0 atom stereocenters. The molecule has 13 heavy (non-hydrogen) atoms. The molecular formula is C9H17N3O. The Hall–Kier alpha value is -1.03. The third kappa shape index (κ3) is 2.45. The molecule has 3 N–H and O–H groups in total. The molecular weight excluding hydrogens is 166 g/mol. The van der Waals surface area contributed by atoms with E-state index in [-0.39, 0.29) is 12.0 Å². The lowest BCUT2D eigenvalue weighted by Gasteiger charge is -2.18. The van der Waals surface area contributed by atoms with E-state index in [9.17, 15) is 0 Å². The highest BCUT2D eigenvalue weighted by atomic mass is 16.3. The van der Waals surface area contributed by atoms with Gasteiger partial charge in [0.05, 0.1) is 12.8 Å². The number of hydrogen-bond donors (Lipinski definition) is 2. The fourth-order valence-corrected chi connectivity index (χ4v) is 1.13. The SMILES string of the molecule is CC(C)(C)Cn1ncc(CO)c1N. The van der Waals surface area contributed by atoms with Gasteiger partial charge in [0.2, 0.25) is 0 Å². The van der Waals surface area contributed by atoms with Crippen LogP contribution in [0.15, 0.2) is 6.20 Å². The third-order valence-corrected chi connectivity index (χ3v) is 1.75. The monoisotopic (exact) mass is 183 g/mol. The van der Waals surface area contributed by atoms with E-state index in [1.165, 1.54) is 0 Å². The van der Waals surface area contributed by atoms with Gasteiger partial charge >= 0.3 is 0 Å². The Balaban J connectivity index is 2.84. The first-order chi connectivity index (χ1) is 5.94. The van der Waals surface area contributed by atoms with E-state index in [1.54, 1.807) is 10.9 Å². The van der Waals surface area contributed by atoms with Crippen LogP contribution in [0, 0.1) is 5.41 Å². The number of hydrogen-bond acceptors (Lipinski definition) is 3. The number of aromatic nitrogens is 2. The fraction of sp³-hybridized carbons (Fsp3) is 0.667. The number of rotatable bonds is 2. The van der Waals surface area contributed by atoms with Crippen LogP contribution in [-0.4, -0.2) is 14.9 Å². The summed E-state index contributed by atoms with van der Waals surface area (Å²) in [5.41, 5.74) is 6.61. The minimum Gasteiger partial charge on any atom is -0.391 e. The van der Waals surface area contributed by atoms with Crippen LogP contribution in [0.4, 0.5) is 5.82 Å². The number of nitrogens with zero attached hydrogens (tertiary/aromatic N) is 2. The van der Waals surface area contributed by atoms with Crippen LogP contribution in [-0.2, 0) is 13.2 Å². The molecule has 4 heteroatoms. The van der Waals surface area contributed by atoms with Gasteiger partial charge in [-0.05, 0) is 5.41 Å². The van der Waals surface area contributed by atoms with Gasteiger partial charge in [0.15, 0.2) is 0 Å². The van der Waals surface area contributed by atoms with Gasteiger partial charge in [0.1, 0.15) is 5.82 Å². The van der Waals surface area contributed by atoms with Crippen LogP contribution in [0.25, 0.3) is 0 Å². The molecule has 0 spiro atoms. The van der Waals surface area contributed by atoms with Crippen molar-refractivity contribution in [3.8, 4) is 0 Å². The van der Waals surface area contributed by atoms with Gasteiger partial charge in [0.25, 0.3) is 0 Å².